The molecule has 0 saturated heterocycles. The van der Waals surface area contributed by atoms with E-state index in [2.05, 4.69) is 17.2 Å². The number of hydrogen-bond donors (Lipinski definition) is 0. The van der Waals surface area contributed by atoms with Crippen LogP contribution < -0.4 is 0 Å². The van der Waals surface area contributed by atoms with E-state index in [1.165, 1.54) is 24.5 Å². The number of hydrogen-bond acceptors (Lipinski definition) is 1. The molecule has 4 heteroatoms. The Labute approximate surface area is 157 Å². The number of nitrogens with zero attached hydrogens (tertiary/aromatic N) is 1. The highest BCUT2D eigenvalue weighted by atomic mass is 35.5. The smallest absolute Gasteiger partial charge is 0.131 e. The summed E-state index contributed by atoms with van der Waals surface area (Å²) in [5.74, 6) is 0.370. The lowest BCUT2D eigenvalue weighted by atomic mass is 9.92. The van der Waals surface area contributed by atoms with Gasteiger partial charge in [0, 0.05) is 34.9 Å². The number of benzene rings is 2. The van der Waals surface area contributed by atoms with Crippen LogP contribution in [0.2, 0.25) is 10.0 Å². The third-order valence-corrected chi connectivity index (χ3v) is 5.33. The van der Waals surface area contributed by atoms with Crippen molar-refractivity contribution in [1.29, 1.82) is 0 Å². The van der Waals surface area contributed by atoms with Crippen LogP contribution in [0.3, 0.4) is 0 Å². The van der Waals surface area contributed by atoms with Crippen molar-refractivity contribution in [3.05, 3.63) is 87.3 Å². The second-order valence-corrected chi connectivity index (χ2v) is 7.47. The molecule has 25 heavy (non-hydrogen) atoms. The van der Waals surface area contributed by atoms with Gasteiger partial charge in [0.1, 0.15) is 5.82 Å². The van der Waals surface area contributed by atoms with Crippen molar-refractivity contribution in [1.82, 2.24) is 4.90 Å². The van der Waals surface area contributed by atoms with Gasteiger partial charge < -0.3 is 4.90 Å². The van der Waals surface area contributed by atoms with E-state index < -0.39 is 0 Å². The van der Waals surface area contributed by atoms with Gasteiger partial charge in [0.15, 0.2) is 0 Å². The molecule has 1 aliphatic heterocycles. The summed E-state index contributed by atoms with van der Waals surface area (Å²) in [5.41, 5.74) is 3.97. The first-order valence-electron chi connectivity index (χ1n) is 8.47. The van der Waals surface area contributed by atoms with Crippen molar-refractivity contribution >= 4 is 28.8 Å². The fourth-order valence-electron chi connectivity index (χ4n) is 3.30. The van der Waals surface area contributed by atoms with Gasteiger partial charge in [0.05, 0.1) is 0 Å². The molecule has 2 aromatic carbocycles. The molecule has 0 N–H and O–H groups in total. The van der Waals surface area contributed by atoms with Crippen molar-refractivity contribution in [2.45, 2.75) is 19.4 Å². The van der Waals surface area contributed by atoms with Crippen LogP contribution >= 0.6 is 23.2 Å². The van der Waals surface area contributed by atoms with Gasteiger partial charge in [-0.15, -0.1) is 0 Å². The van der Waals surface area contributed by atoms with Crippen LogP contribution in [0.4, 0.5) is 4.39 Å². The molecule has 2 aliphatic rings. The van der Waals surface area contributed by atoms with Crippen LogP contribution in [0.15, 0.2) is 60.3 Å². The van der Waals surface area contributed by atoms with Crippen molar-refractivity contribution in [2.24, 2.45) is 5.92 Å². The quantitative estimate of drug-likeness (QED) is 0.605. The van der Waals surface area contributed by atoms with Crippen molar-refractivity contribution in [3.8, 4) is 0 Å². The van der Waals surface area contributed by atoms with E-state index in [0.29, 0.717) is 23.0 Å². The van der Waals surface area contributed by atoms with Crippen LogP contribution in [0, 0.1) is 11.7 Å². The normalized spacial score (nSPS) is 17.3. The lowest BCUT2D eigenvalue weighted by Crippen LogP contribution is -2.22. The highest BCUT2D eigenvalue weighted by molar-refractivity contribution is 6.33. The summed E-state index contributed by atoms with van der Waals surface area (Å²) in [4.78, 5) is 2.22. The van der Waals surface area contributed by atoms with E-state index in [9.17, 15) is 4.39 Å². The Morgan fingerprint density at radius 3 is 2.64 bits per heavy atom. The van der Waals surface area contributed by atoms with Crippen LogP contribution in [-0.2, 0) is 6.54 Å². The molecule has 2 aromatic rings. The van der Waals surface area contributed by atoms with E-state index in [4.69, 9.17) is 23.2 Å². The van der Waals surface area contributed by atoms with Crippen LogP contribution in [-0.4, -0.2) is 11.4 Å². The largest absolute Gasteiger partial charge is 0.369 e. The molecule has 128 valence electrons. The summed E-state index contributed by atoms with van der Waals surface area (Å²) in [6.07, 6.45) is 6.65. The maximum atomic E-state index is 14.3. The van der Waals surface area contributed by atoms with E-state index in [1.54, 1.807) is 12.1 Å². The van der Waals surface area contributed by atoms with Gasteiger partial charge in [-0.2, -0.15) is 0 Å². The Balaban J connectivity index is 1.62. The van der Waals surface area contributed by atoms with Gasteiger partial charge in [0.25, 0.3) is 0 Å². The van der Waals surface area contributed by atoms with Crippen molar-refractivity contribution < 1.29 is 4.39 Å². The first-order valence-corrected chi connectivity index (χ1v) is 9.22. The molecular weight excluding hydrogens is 356 g/mol. The predicted octanol–water partition coefficient (Wildman–Crippen LogP) is 6.33. The van der Waals surface area contributed by atoms with Gasteiger partial charge in [-0.3, -0.25) is 0 Å². The molecule has 1 fully saturated rings. The summed E-state index contributed by atoms with van der Waals surface area (Å²) in [6, 6.07) is 12.5. The number of allylic oxidation sites excluding steroid dienone is 2. The van der Waals surface area contributed by atoms with Crippen LogP contribution in [0.1, 0.15) is 24.0 Å². The van der Waals surface area contributed by atoms with Gasteiger partial charge in [-0.25, -0.2) is 4.39 Å². The van der Waals surface area contributed by atoms with E-state index in [1.807, 2.05) is 24.3 Å². The van der Waals surface area contributed by atoms with Gasteiger partial charge in [-0.05, 0) is 59.7 Å². The van der Waals surface area contributed by atoms with E-state index in [0.717, 1.165) is 22.7 Å². The molecule has 1 aliphatic carbocycles. The van der Waals surface area contributed by atoms with Crippen LogP contribution in [0.25, 0.3) is 5.57 Å². The molecule has 4 rings (SSSR count). The first kappa shape index (κ1) is 16.7. The second-order valence-electron chi connectivity index (χ2n) is 6.62. The molecule has 1 saturated carbocycles. The minimum absolute atomic E-state index is 0.161. The molecule has 0 aromatic heterocycles. The number of rotatable bonds is 4. The monoisotopic (exact) mass is 373 g/mol. The third kappa shape index (κ3) is 3.61. The Bertz CT molecular complexity index is 868. The van der Waals surface area contributed by atoms with Crippen molar-refractivity contribution in [3.63, 3.8) is 0 Å². The Morgan fingerprint density at radius 1 is 1.08 bits per heavy atom. The summed E-state index contributed by atoms with van der Waals surface area (Å²) < 4.78 is 14.3. The first-order chi connectivity index (χ1) is 12.1. The van der Waals surface area contributed by atoms with Crippen molar-refractivity contribution in [2.75, 3.05) is 6.54 Å². The summed E-state index contributed by atoms with van der Waals surface area (Å²) >= 11 is 12.4. The Kier molecular flexibility index (Phi) is 4.58. The standard InChI is InChI=1S/C21H18Cl2FN/c22-16-7-8-20(23)15(11-16)12-25-10-9-17(19(13-25)14-5-6-14)18-3-1-2-4-21(18)24/h1-4,7-9,11,13-14H,5-6,10,12H2. The molecule has 0 bridgehead atoms. The highest BCUT2D eigenvalue weighted by Crippen LogP contribution is 2.45. The van der Waals surface area contributed by atoms with Gasteiger partial charge in [0.2, 0.25) is 0 Å². The van der Waals surface area contributed by atoms with E-state index >= 15 is 0 Å². The lowest BCUT2D eigenvalue weighted by molar-refractivity contribution is 0.401. The highest BCUT2D eigenvalue weighted by Gasteiger charge is 2.31. The average Bonchev–Trinajstić information content (AvgIpc) is 3.44. The lowest BCUT2D eigenvalue weighted by Gasteiger charge is -2.28. The molecule has 0 amide bonds. The van der Waals surface area contributed by atoms with Gasteiger partial charge >= 0.3 is 0 Å². The molecule has 0 radical (unpaired) electrons. The summed E-state index contributed by atoms with van der Waals surface area (Å²) in [5, 5.41) is 1.40. The second kappa shape index (κ2) is 6.86. The fourth-order valence-corrected chi connectivity index (χ4v) is 3.68. The Hall–Kier alpha value is -1.77. The molecule has 1 heterocycles. The summed E-state index contributed by atoms with van der Waals surface area (Å²) in [6.45, 7) is 1.42. The summed E-state index contributed by atoms with van der Waals surface area (Å²) in [7, 11) is 0. The zero-order valence-electron chi connectivity index (χ0n) is 13.7. The molecule has 0 spiro atoms. The zero-order valence-corrected chi connectivity index (χ0v) is 15.2. The maximum absolute atomic E-state index is 14.3. The fraction of sp³-hybridized carbons (Fsp3) is 0.238. The molecular formula is C21H18Cl2FN. The number of halogens is 3. The van der Waals surface area contributed by atoms with E-state index in [-0.39, 0.29) is 5.82 Å². The van der Waals surface area contributed by atoms with Gasteiger partial charge in [-0.1, -0.05) is 47.5 Å². The predicted molar refractivity (Wildman–Crippen MR) is 102 cm³/mol. The molecule has 1 nitrogen and oxygen atoms in total. The zero-order chi connectivity index (χ0) is 17.4. The minimum atomic E-state index is -0.161. The molecule has 0 unspecified atom stereocenters. The molecule has 0 atom stereocenters. The average molecular weight is 374 g/mol. The topological polar surface area (TPSA) is 3.24 Å². The Morgan fingerprint density at radius 2 is 1.88 bits per heavy atom. The minimum Gasteiger partial charge on any atom is -0.369 e. The maximum Gasteiger partial charge on any atom is 0.131 e. The third-order valence-electron chi connectivity index (χ3n) is 4.72. The van der Waals surface area contributed by atoms with Crippen LogP contribution in [0.5, 0.6) is 0 Å². The SMILES string of the molecule is Fc1ccccc1C1=CCN(Cc2cc(Cl)ccc2Cl)C=C1C1CC1.